The molecule has 16 heavy (non-hydrogen) atoms. The molecule has 1 heterocycles. The molecular weight excluding hydrogens is 238 g/mol. The molecule has 0 fully saturated rings. The van der Waals surface area contributed by atoms with Crippen LogP contribution >= 0.6 is 22.9 Å². The van der Waals surface area contributed by atoms with Gasteiger partial charge in [0.25, 0.3) is 0 Å². The first-order valence-electron chi connectivity index (χ1n) is 6.13. The Balaban J connectivity index is 2.10. The van der Waals surface area contributed by atoms with Gasteiger partial charge >= 0.3 is 0 Å². The van der Waals surface area contributed by atoms with Crippen molar-refractivity contribution in [2.24, 2.45) is 5.92 Å². The number of hydrogen-bond acceptors (Lipinski definition) is 2. The highest BCUT2D eigenvalue weighted by Gasteiger charge is 2.14. The van der Waals surface area contributed by atoms with Gasteiger partial charge in [0, 0.05) is 11.9 Å². The van der Waals surface area contributed by atoms with Gasteiger partial charge in [0.05, 0.1) is 0 Å². The quantitative estimate of drug-likeness (QED) is 0.551. The molecule has 1 nitrogen and oxygen atoms in total. The number of nitrogens with one attached hydrogen (secondary N) is 1. The molecule has 0 saturated heterocycles. The summed E-state index contributed by atoms with van der Waals surface area (Å²) in [5.74, 6) is 0.648. The van der Waals surface area contributed by atoms with Crippen molar-refractivity contribution in [2.45, 2.75) is 38.5 Å². The zero-order valence-electron chi connectivity index (χ0n) is 10.2. The third kappa shape index (κ3) is 4.86. The van der Waals surface area contributed by atoms with Gasteiger partial charge < -0.3 is 5.32 Å². The summed E-state index contributed by atoms with van der Waals surface area (Å²) < 4.78 is 0. The van der Waals surface area contributed by atoms with E-state index in [4.69, 9.17) is 11.6 Å². The number of hydrogen-bond donors (Lipinski definition) is 1. The SMILES string of the molecule is CCC(CC)C(Cl)CNCCc1ccsc1. The molecule has 92 valence electrons. The minimum atomic E-state index is 0.275. The van der Waals surface area contributed by atoms with E-state index in [9.17, 15) is 0 Å². The molecule has 0 radical (unpaired) electrons. The molecule has 1 aromatic heterocycles. The minimum absolute atomic E-state index is 0.275. The summed E-state index contributed by atoms with van der Waals surface area (Å²) in [5, 5.41) is 8.06. The molecule has 1 N–H and O–H groups in total. The molecule has 0 amide bonds. The predicted octanol–water partition coefficient (Wildman–Crippen LogP) is 3.92. The number of thiophene rings is 1. The average molecular weight is 260 g/mol. The molecule has 0 saturated carbocycles. The van der Waals surface area contributed by atoms with Crippen LogP contribution in [0.5, 0.6) is 0 Å². The highest BCUT2D eigenvalue weighted by Crippen LogP contribution is 2.17. The molecule has 1 unspecified atom stereocenters. The highest BCUT2D eigenvalue weighted by atomic mass is 35.5. The van der Waals surface area contributed by atoms with Crippen LogP contribution in [0.2, 0.25) is 0 Å². The Morgan fingerprint density at radius 2 is 2.12 bits per heavy atom. The fourth-order valence-corrected chi connectivity index (χ4v) is 3.04. The first-order chi connectivity index (χ1) is 7.77. The second kappa shape index (κ2) is 8.10. The number of halogens is 1. The van der Waals surface area contributed by atoms with Gasteiger partial charge in [0.1, 0.15) is 0 Å². The average Bonchev–Trinajstić information content (AvgIpc) is 2.79. The fraction of sp³-hybridized carbons (Fsp3) is 0.692. The lowest BCUT2D eigenvalue weighted by Gasteiger charge is -2.19. The Labute approximate surface area is 108 Å². The van der Waals surface area contributed by atoms with Gasteiger partial charge in [0.15, 0.2) is 0 Å². The molecule has 0 spiro atoms. The normalized spacial score (nSPS) is 13.2. The largest absolute Gasteiger partial charge is 0.315 e. The van der Waals surface area contributed by atoms with Gasteiger partial charge in [-0.3, -0.25) is 0 Å². The monoisotopic (exact) mass is 259 g/mol. The summed E-state index contributed by atoms with van der Waals surface area (Å²) in [6.07, 6.45) is 3.46. The third-order valence-corrected chi connectivity index (χ3v) is 4.31. The van der Waals surface area contributed by atoms with Crippen LogP contribution in [0.3, 0.4) is 0 Å². The molecule has 0 aliphatic heterocycles. The van der Waals surface area contributed by atoms with Gasteiger partial charge in [-0.25, -0.2) is 0 Å². The summed E-state index contributed by atoms with van der Waals surface area (Å²) in [6, 6.07) is 2.19. The standard InChI is InChI=1S/C13H22ClNS/c1-3-12(4-2)13(14)9-15-7-5-11-6-8-16-10-11/h6,8,10,12-13,15H,3-5,7,9H2,1-2H3. The second-order valence-electron chi connectivity index (χ2n) is 4.18. The van der Waals surface area contributed by atoms with Crippen LogP contribution < -0.4 is 5.32 Å². The Morgan fingerprint density at radius 3 is 2.69 bits per heavy atom. The lowest BCUT2D eigenvalue weighted by atomic mass is 9.99. The topological polar surface area (TPSA) is 12.0 Å². The Hall–Kier alpha value is -0.0500. The zero-order chi connectivity index (χ0) is 11.8. The summed E-state index contributed by atoms with van der Waals surface area (Å²) in [4.78, 5) is 0. The molecule has 1 atom stereocenters. The molecule has 0 aliphatic carbocycles. The highest BCUT2D eigenvalue weighted by molar-refractivity contribution is 7.07. The number of rotatable bonds is 8. The van der Waals surface area contributed by atoms with Crippen molar-refractivity contribution in [2.75, 3.05) is 13.1 Å². The van der Waals surface area contributed by atoms with E-state index >= 15 is 0 Å². The maximum absolute atomic E-state index is 6.35. The summed E-state index contributed by atoms with van der Waals surface area (Å²) in [5.41, 5.74) is 1.42. The van der Waals surface area contributed by atoms with E-state index in [1.54, 1.807) is 11.3 Å². The first-order valence-corrected chi connectivity index (χ1v) is 7.51. The van der Waals surface area contributed by atoms with E-state index in [1.807, 2.05) is 0 Å². The molecule has 1 rings (SSSR count). The van der Waals surface area contributed by atoms with E-state index in [0.717, 1.165) is 19.5 Å². The van der Waals surface area contributed by atoms with Gasteiger partial charge in [0.2, 0.25) is 0 Å². The van der Waals surface area contributed by atoms with E-state index < -0.39 is 0 Å². The maximum Gasteiger partial charge on any atom is 0.0488 e. The van der Waals surface area contributed by atoms with Crippen molar-refractivity contribution >= 4 is 22.9 Å². The second-order valence-corrected chi connectivity index (χ2v) is 5.52. The van der Waals surface area contributed by atoms with Crippen LogP contribution in [-0.2, 0) is 6.42 Å². The first kappa shape index (κ1) is 14.0. The smallest absolute Gasteiger partial charge is 0.0488 e. The van der Waals surface area contributed by atoms with E-state index in [2.05, 4.69) is 36.0 Å². The molecule has 0 aliphatic rings. The molecule has 0 aromatic carbocycles. The van der Waals surface area contributed by atoms with Gasteiger partial charge in [-0.15, -0.1) is 11.6 Å². The Bertz CT molecular complexity index is 257. The van der Waals surface area contributed by atoms with Crippen molar-refractivity contribution in [1.82, 2.24) is 5.32 Å². The molecule has 3 heteroatoms. The minimum Gasteiger partial charge on any atom is -0.315 e. The van der Waals surface area contributed by atoms with E-state index in [1.165, 1.54) is 18.4 Å². The number of alkyl halides is 1. The van der Waals surface area contributed by atoms with Crippen LogP contribution in [0.25, 0.3) is 0 Å². The van der Waals surface area contributed by atoms with Crippen LogP contribution in [0.4, 0.5) is 0 Å². The van der Waals surface area contributed by atoms with E-state index in [0.29, 0.717) is 5.92 Å². The van der Waals surface area contributed by atoms with Crippen LogP contribution in [0.1, 0.15) is 32.3 Å². The van der Waals surface area contributed by atoms with Crippen molar-refractivity contribution in [1.29, 1.82) is 0 Å². The fourth-order valence-electron chi connectivity index (χ4n) is 1.87. The van der Waals surface area contributed by atoms with Crippen LogP contribution in [-0.4, -0.2) is 18.5 Å². The van der Waals surface area contributed by atoms with Crippen molar-refractivity contribution in [3.63, 3.8) is 0 Å². The van der Waals surface area contributed by atoms with Crippen molar-refractivity contribution in [3.05, 3.63) is 22.4 Å². The molecular formula is C13H22ClNS. The van der Waals surface area contributed by atoms with Gasteiger partial charge in [-0.05, 0) is 41.3 Å². The predicted molar refractivity (Wildman–Crippen MR) is 74.6 cm³/mol. The molecule has 1 aromatic rings. The van der Waals surface area contributed by atoms with E-state index in [-0.39, 0.29) is 5.38 Å². The van der Waals surface area contributed by atoms with Crippen LogP contribution in [0, 0.1) is 5.92 Å². The summed E-state index contributed by atoms with van der Waals surface area (Å²) >= 11 is 8.11. The third-order valence-electron chi connectivity index (χ3n) is 3.07. The van der Waals surface area contributed by atoms with Crippen molar-refractivity contribution in [3.8, 4) is 0 Å². The van der Waals surface area contributed by atoms with Gasteiger partial charge in [-0.2, -0.15) is 11.3 Å². The van der Waals surface area contributed by atoms with Gasteiger partial charge in [-0.1, -0.05) is 26.7 Å². The Morgan fingerprint density at radius 1 is 1.38 bits per heavy atom. The van der Waals surface area contributed by atoms with Crippen LogP contribution in [0.15, 0.2) is 16.8 Å². The lowest BCUT2D eigenvalue weighted by molar-refractivity contribution is 0.447. The summed E-state index contributed by atoms with van der Waals surface area (Å²) in [6.45, 7) is 6.39. The zero-order valence-corrected chi connectivity index (χ0v) is 11.8. The lowest BCUT2D eigenvalue weighted by Crippen LogP contribution is -2.29. The maximum atomic E-state index is 6.35. The molecule has 0 bridgehead atoms. The van der Waals surface area contributed by atoms with Crippen molar-refractivity contribution < 1.29 is 0 Å². The Kier molecular flexibility index (Phi) is 7.10. The summed E-state index contributed by atoms with van der Waals surface area (Å²) in [7, 11) is 0.